The zero-order chi connectivity index (χ0) is 11.5. The molecular weight excluding hydrogens is 224 g/mol. The molecule has 0 radical (unpaired) electrons. The van der Waals surface area contributed by atoms with Crippen molar-refractivity contribution in [3.8, 4) is 0 Å². The van der Waals surface area contributed by atoms with Crippen molar-refractivity contribution in [2.45, 2.75) is 33.1 Å². The molecule has 0 bridgehead atoms. The summed E-state index contributed by atoms with van der Waals surface area (Å²) in [5.74, 6) is 0.725. The maximum absolute atomic E-state index is 11.2. The molecule has 1 aromatic rings. The van der Waals surface area contributed by atoms with Crippen molar-refractivity contribution in [3.05, 3.63) is 10.6 Å². The molecule has 88 valence electrons. The van der Waals surface area contributed by atoms with E-state index in [9.17, 15) is 4.79 Å². The first-order valence-electron chi connectivity index (χ1n) is 5.61. The number of ether oxygens (including phenoxy) is 1. The molecule has 5 heteroatoms. The predicted molar refractivity (Wildman–Crippen MR) is 63.9 cm³/mol. The summed E-state index contributed by atoms with van der Waals surface area (Å²) in [6, 6.07) is 0. The van der Waals surface area contributed by atoms with Gasteiger partial charge in [0.15, 0.2) is 5.13 Å². The number of fused-ring (bicyclic) bond motifs is 1. The summed E-state index contributed by atoms with van der Waals surface area (Å²) in [4.78, 5) is 16.9. The molecule has 1 unspecified atom stereocenters. The molecule has 4 nitrogen and oxygen atoms in total. The van der Waals surface area contributed by atoms with Gasteiger partial charge < -0.3 is 4.74 Å². The van der Waals surface area contributed by atoms with Gasteiger partial charge in [0.1, 0.15) is 0 Å². The molecule has 0 aliphatic heterocycles. The maximum atomic E-state index is 11.2. The van der Waals surface area contributed by atoms with Gasteiger partial charge in [-0.25, -0.2) is 9.78 Å². The van der Waals surface area contributed by atoms with E-state index in [1.54, 1.807) is 18.3 Å². The summed E-state index contributed by atoms with van der Waals surface area (Å²) < 4.78 is 4.82. The summed E-state index contributed by atoms with van der Waals surface area (Å²) >= 11 is 1.57. The Morgan fingerprint density at radius 2 is 2.50 bits per heavy atom. The Balaban J connectivity index is 2.04. The molecule has 2 rings (SSSR count). The highest BCUT2D eigenvalue weighted by Gasteiger charge is 2.20. The number of nitrogens with one attached hydrogen (secondary N) is 1. The minimum absolute atomic E-state index is 0.383. The van der Waals surface area contributed by atoms with Crippen LogP contribution in [0, 0.1) is 5.92 Å². The molecule has 1 aromatic heterocycles. The van der Waals surface area contributed by atoms with E-state index in [0.717, 1.165) is 24.5 Å². The van der Waals surface area contributed by atoms with Crippen LogP contribution in [-0.4, -0.2) is 17.7 Å². The molecular formula is C11H16N2O2S. The third-order valence-electron chi connectivity index (χ3n) is 2.67. The van der Waals surface area contributed by atoms with Crippen LogP contribution < -0.4 is 5.32 Å². The Hall–Kier alpha value is -1.10. The van der Waals surface area contributed by atoms with Crippen LogP contribution in [0.15, 0.2) is 0 Å². The molecule has 1 aliphatic rings. The molecule has 0 saturated carbocycles. The van der Waals surface area contributed by atoms with Gasteiger partial charge in [-0.05, 0) is 32.1 Å². The Labute approximate surface area is 99.0 Å². The normalized spacial score (nSPS) is 19.0. The molecule has 16 heavy (non-hydrogen) atoms. The lowest BCUT2D eigenvalue weighted by Gasteiger charge is -2.15. The number of nitrogens with zero attached hydrogens (tertiary/aromatic N) is 1. The minimum Gasteiger partial charge on any atom is -0.450 e. The van der Waals surface area contributed by atoms with Crippen LogP contribution in [0.4, 0.5) is 9.93 Å². The lowest BCUT2D eigenvalue weighted by molar-refractivity contribution is 0.168. The van der Waals surface area contributed by atoms with Crippen LogP contribution in [0.3, 0.4) is 0 Å². The van der Waals surface area contributed by atoms with E-state index in [0.29, 0.717) is 11.7 Å². The average Bonchev–Trinajstić information content (AvgIpc) is 2.59. The van der Waals surface area contributed by atoms with Crippen molar-refractivity contribution < 1.29 is 9.53 Å². The standard InChI is InChI=1S/C11H16N2O2S/c1-3-15-11(14)13-10-12-8-5-4-7(2)6-9(8)16-10/h7H,3-6H2,1-2H3,(H,12,13,14). The fourth-order valence-electron chi connectivity index (χ4n) is 1.85. The Bertz CT molecular complexity index is 389. The van der Waals surface area contributed by atoms with Crippen molar-refractivity contribution in [1.82, 2.24) is 4.98 Å². The van der Waals surface area contributed by atoms with Crippen molar-refractivity contribution in [1.29, 1.82) is 0 Å². The second kappa shape index (κ2) is 4.82. The number of aromatic nitrogens is 1. The molecule has 1 amide bonds. The van der Waals surface area contributed by atoms with Gasteiger partial charge in [0.2, 0.25) is 0 Å². The fourth-order valence-corrected chi connectivity index (χ4v) is 3.00. The van der Waals surface area contributed by atoms with Gasteiger partial charge in [-0.2, -0.15) is 0 Å². The van der Waals surface area contributed by atoms with E-state index < -0.39 is 6.09 Å². The Kier molecular flexibility index (Phi) is 3.43. The van der Waals surface area contributed by atoms with Crippen LogP contribution >= 0.6 is 11.3 Å². The smallest absolute Gasteiger partial charge is 0.413 e. The van der Waals surface area contributed by atoms with E-state index in [2.05, 4.69) is 17.2 Å². The molecule has 1 heterocycles. The quantitative estimate of drug-likeness (QED) is 0.864. The Morgan fingerprint density at radius 3 is 3.25 bits per heavy atom. The minimum atomic E-state index is -0.415. The number of anilines is 1. The topological polar surface area (TPSA) is 51.2 Å². The molecule has 0 saturated heterocycles. The van der Waals surface area contributed by atoms with E-state index in [1.165, 1.54) is 11.3 Å². The molecule has 1 N–H and O–H groups in total. The first kappa shape index (κ1) is 11.4. The zero-order valence-corrected chi connectivity index (χ0v) is 10.4. The van der Waals surface area contributed by atoms with Gasteiger partial charge in [-0.15, -0.1) is 11.3 Å². The predicted octanol–water partition coefficient (Wildman–Crippen LogP) is 2.84. The van der Waals surface area contributed by atoms with Gasteiger partial charge in [-0.3, -0.25) is 5.32 Å². The highest BCUT2D eigenvalue weighted by atomic mass is 32.1. The number of amides is 1. The SMILES string of the molecule is CCOC(=O)Nc1nc2c(s1)CC(C)CC2. The van der Waals surface area contributed by atoms with Crippen LogP contribution in [0.5, 0.6) is 0 Å². The number of aryl methyl sites for hydroxylation is 1. The van der Waals surface area contributed by atoms with Crippen molar-refractivity contribution in [3.63, 3.8) is 0 Å². The third kappa shape index (κ3) is 2.52. The number of rotatable bonds is 2. The van der Waals surface area contributed by atoms with Gasteiger partial charge in [0, 0.05) is 4.88 Å². The third-order valence-corrected chi connectivity index (χ3v) is 3.71. The van der Waals surface area contributed by atoms with Gasteiger partial charge in [0.05, 0.1) is 12.3 Å². The van der Waals surface area contributed by atoms with Crippen LogP contribution in [-0.2, 0) is 17.6 Å². The highest BCUT2D eigenvalue weighted by Crippen LogP contribution is 2.32. The average molecular weight is 240 g/mol. The monoisotopic (exact) mass is 240 g/mol. The van der Waals surface area contributed by atoms with Gasteiger partial charge in [-0.1, -0.05) is 6.92 Å². The molecule has 0 aromatic carbocycles. The van der Waals surface area contributed by atoms with Gasteiger partial charge >= 0.3 is 6.09 Å². The van der Waals surface area contributed by atoms with Crippen LogP contribution in [0.2, 0.25) is 0 Å². The maximum Gasteiger partial charge on any atom is 0.413 e. The van der Waals surface area contributed by atoms with E-state index in [-0.39, 0.29) is 0 Å². The largest absolute Gasteiger partial charge is 0.450 e. The number of thiazole rings is 1. The number of carbonyl (C=O) groups excluding carboxylic acids is 1. The zero-order valence-electron chi connectivity index (χ0n) is 9.58. The lowest BCUT2D eigenvalue weighted by atomic mass is 9.93. The summed E-state index contributed by atoms with van der Waals surface area (Å²) in [5, 5.41) is 3.33. The van der Waals surface area contributed by atoms with Crippen LogP contribution in [0.1, 0.15) is 30.8 Å². The molecule has 0 fully saturated rings. The van der Waals surface area contributed by atoms with E-state index >= 15 is 0 Å². The highest BCUT2D eigenvalue weighted by molar-refractivity contribution is 7.15. The first-order chi connectivity index (χ1) is 7.69. The van der Waals surface area contributed by atoms with Crippen molar-refractivity contribution in [2.24, 2.45) is 5.92 Å². The summed E-state index contributed by atoms with van der Waals surface area (Å²) in [7, 11) is 0. The summed E-state index contributed by atoms with van der Waals surface area (Å²) in [6.07, 6.45) is 2.88. The lowest BCUT2D eigenvalue weighted by Crippen LogP contribution is -2.13. The first-order valence-corrected chi connectivity index (χ1v) is 6.43. The second-order valence-electron chi connectivity index (χ2n) is 4.08. The summed E-state index contributed by atoms with van der Waals surface area (Å²) in [5.41, 5.74) is 1.15. The molecule has 0 spiro atoms. The summed E-state index contributed by atoms with van der Waals surface area (Å²) in [6.45, 7) is 4.42. The van der Waals surface area contributed by atoms with Gasteiger partial charge in [0.25, 0.3) is 0 Å². The fraction of sp³-hybridized carbons (Fsp3) is 0.636. The number of hydrogen-bond acceptors (Lipinski definition) is 4. The van der Waals surface area contributed by atoms with Crippen molar-refractivity contribution in [2.75, 3.05) is 11.9 Å². The second-order valence-corrected chi connectivity index (χ2v) is 5.17. The van der Waals surface area contributed by atoms with E-state index in [1.807, 2.05) is 0 Å². The Morgan fingerprint density at radius 1 is 1.69 bits per heavy atom. The number of carbonyl (C=O) groups is 1. The van der Waals surface area contributed by atoms with Crippen LogP contribution in [0.25, 0.3) is 0 Å². The molecule has 1 atom stereocenters. The van der Waals surface area contributed by atoms with E-state index in [4.69, 9.17) is 4.74 Å². The van der Waals surface area contributed by atoms with Crippen molar-refractivity contribution >= 4 is 22.6 Å². The number of hydrogen-bond donors (Lipinski definition) is 1. The molecule has 1 aliphatic carbocycles.